The lowest BCUT2D eigenvalue weighted by molar-refractivity contribution is -0.125. The number of ketones is 1. The topological polar surface area (TPSA) is 46.5 Å². The van der Waals surface area contributed by atoms with Gasteiger partial charge < -0.3 is 9.84 Å². The van der Waals surface area contributed by atoms with Gasteiger partial charge in [0.25, 0.3) is 0 Å². The maximum atomic E-state index is 11.5. The molecule has 0 saturated carbocycles. The second kappa shape index (κ2) is 6.30. The van der Waals surface area contributed by atoms with E-state index in [1.54, 1.807) is 6.08 Å². The number of rotatable bonds is 6. The molecule has 0 amide bonds. The zero-order valence-corrected chi connectivity index (χ0v) is 10.5. The first-order valence-corrected chi connectivity index (χ1v) is 5.40. The summed E-state index contributed by atoms with van der Waals surface area (Å²) in [6, 6.07) is 0. The predicted molar refractivity (Wildman–Crippen MR) is 64.3 cm³/mol. The van der Waals surface area contributed by atoms with Crippen molar-refractivity contribution in [3.63, 3.8) is 0 Å². The van der Waals surface area contributed by atoms with Gasteiger partial charge in [-0.3, -0.25) is 4.79 Å². The summed E-state index contributed by atoms with van der Waals surface area (Å²) in [6.07, 6.45) is 0.793. The van der Waals surface area contributed by atoms with Crippen molar-refractivity contribution >= 4 is 18.4 Å². The van der Waals surface area contributed by atoms with Crippen molar-refractivity contribution in [2.75, 3.05) is 13.2 Å². The first kappa shape index (κ1) is 14.7. The van der Waals surface area contributed by atoms with Crippen LogP contribution in [0.4, 0.5) is 0 Å². The summed E-state index contributed by atoms with van der Waals surface area (Å²) in [5.74, 6) is -0.206. The molecule has 0 aromatic rings. The Balaban J connectivity index is 4.14. The zero-order valence-electron chi connectivity index (χ0n) is 9.56. The molecule has 2 unspecified atom stereocenters. The molecule has 0 saturated heterocycles. The maximum absolute atomic E-state index is 11.5. The molecule has 0 radical (unpaired) electrons. The Hall–Kier alpha value is -0.320. The van der Waals surface area contributed by atoms with Gasteiger partial charge in [-0.1, -0.05) is 26.8 Å². The molecule has 88 valence electrons. The number of hydrogen-bond donors (Lipinski definition) is 2. The Morgan fingerprint density at radius 2 is 2.13 bits per heavy atom. The van der Waals surface area contributed by atoms with Crippen LogP contribution >= 0.6 is 12.6 Å². The van der Waals surface area contributed by atoms with Gasteiger partial charge >= 0.3 is 0 Å². The van der Waals surface area contributed by atoms with Crippen molar-refractivity contribution in [3.05, 3.63) is 12.7 Å². The highest BCUT2D eigenvalue weighted by atomic mass is 32.1. The molecule has 0 fully saturated rings. The fourth-order valence-corrected chi connectivity index (χ4v) is 1.50. The lowest BCUT2D eigenvalue weighted by Crippen LogP contribution is -2.40. The highest BCUT2D eigenvalue weighted by Crippen LogP contribution is 2.24. The number of aliphatic hydroxyl groups is 1. The van der Waals surface area contributed by atoms with Crippen molar-refractivity contribution in [2.45, 2.75) is 32.1 Å². The normalized spacial score (nSPS) is 15.8. The summed E-state index contributed by atoms with van der Waals surface area (Å²) in [6.45, 7) is 9.35. The van der Waals surface area contributed by atoms with Gasteiger partial charge in [-0.05, 0) is 5.41 Å². The average Bonchev–Trinajstić information content (AvgIpc) is 2.14. The molecule has 0 heterocycles. The number of thiol groups is 1. The summed E-state index contributed by atoms with van der Waals surface area (Å²) in [5.41, 5.74) is -0.361. The van der Waals surface area contributed by atoms with Crippen molar-refractivity contribution < 1.29 is 14.6 Å². The second-order valence-corrected chi connectivity index (χ2v) is 5.08. The van der Waals surface area contributed by atoms with Crippen LogP contribution in [-0.4, -0.2) is 35.5 Å². The van der Waals surface area contributed by atoms with Gasteiger partial charge in [-0.25, -0.2) is 0 Å². The SMILES string of the molecule is C=CCOCC(=O)C(S)C(O)C(C)(C)C. The summed E-state index contributed by atoms with van der Waals surface area (Å²) in [5, 5.41) is 9.11. The van der Waals surface area contributed by atoms with Crippen LogP contribution < -0.4 is 0 Å². The largest absolute Gasteiger partial charge is 0.391 e. The maximum Gasteiger partial charge on any atom is 0.173 e. The van der Waals surface area contributed by atoms with E-state index in [-0.39, 0.29) is 17.8 Å². The summed E-state index contributed by atoms with van der Waals surface area (Å²) in [7, 11) is 0. The summed E-state index contributed by atoms with van der Waals surface area (Å²) >= 11 is 4.11. The molecule has 3 nitrogen and oxygen atoms in total. The molecule has 2 atom stereocenters. The van der Waals surface area contributed by atoms with E-state index in [9.17, 15) is 9.90 Å². The molecule has 0 bridgehead atoms. The van der Waals surface area contributed by atoms with Crippen molar-refractivity contribution in [1.29, 1.82) is 0 Å². The zero-order chi connectivity index (χ0) is 12.1. The third kappa shape index (κ3) is 5.35. The van der Waals surface area contributed by atoms with Crippen LogP contribution in [0.2, 0.25) is 0 Å². The van der Waals surface area contributed by atoms with Crippen LogP contribution in [0.15, 0.2) is 12.7 Å². The summed E-state index contributed by atoms with van der Waals surface area (Å²) < 4.78 is 5.00. The molecule has 1 N–H and O–H groups in total. The molecule has 4 heteroatoms. The molecule has 0 aromatic heterocycles. The van der Waals surface area contributed by atoms with Crippen LogP contribution in [-0.2, 0) is 9.53 Å². The minimum atomic E-state index is -0.777. The Kier molecular flexibility index (Phi) is 6.17. The number of Topliss-reactive ketones (excluding diaryl/α,β-unsaturated/α-hetero) is 1. The van der Waals surface area contributed by atoms with E-state index in [0.29, 0.717) is 6.61 Å². The minimum absolute atomic E-state index is 0.0344. The second-order valence-electron chi connectivity index (χ2n) is 4.53. The standard InChI is InChI=1S/C11H20O3S/c1-5-6-14-7-8(12)9(15)10(13)11(2,3)4/h5,9-10,13,15H,1,6-7H2,2-4H3. The van der Waals surface area contributed by atoms with E-state index in [1.807, 2.05) is 20.8 Å². The lowest BCUT2D eigenvalue weighted by Gasteiger charge is -2.29. The van der Waals surface area contributed by atoms with Crippen LogP contribution in [0.3, 0.4) is 0 Å². The van der Waals surface area contributed by atoms with Crippen molar-refractivity contribution in [3.8, 4) is 0 Å². The van der Waals surface area contributed by atoms with Gasteiger partial charge in [0.2, 0.25) is 0 Å². The lowest BCUT2D eigenvalue weighted by atomic mass is 9.86. The minimum Gasteiger partial charge on any atom is -0.391 e. The third-order valence-electron chi connectivity index (χ3n) is 2.00. The van der Waals surface area contributed by atoms with E-state index in [2.05, 4.69) is 19.2 Å². The van der Waals surface area contributed by atoms with Crippen LogP contribution in [0.25, 0.3) is 0 Å². The van der Waals surface area contributed by atoms with Gasteiger partial charge in [0.05, 0.1) is 18.0 Å². The van der Waals surface area contributed by atoms with Crippen LogP contribution in [0, 0.1) is 5.41 Å². The molecule has 0 aliphatic heterocycles. The number of carbonyl (C=O) groups is 1. The molecular weight excluding hydrogens is 212 g/mol. The fraction of sp³-hybridized carbons (Fsp3) is 0.727. The van der Waals surface area contributed by atoms with Crippen molar-refractivity contribution in [2.24, 2.45) is 5.41 Å². The van der Waals surface area contributed by atoms with E-state index in [0.717, 1.165) is 0 Å². The number of hydrogen-bond acceptors (Lipinski definition) is 4. The summed E-state index contributed by atoms with van der Waals surface area (Å²) in [4.78, 5) is 11.5. The molecule has 0 aromatic carbocycles. The Morgan fingerprint density at radius 3 is 2.53 bits per heavy atom. The first-order chi connectivity index (χ1) is 6.80. The van der Waals surface area contributed by atoms with E-state index < -0.39 is 11.4 Å². The number of aliphatic hydroxyl groups excluding tert-OH is 1. The predicted octanol–water partition coefficient (Wildman–Crippen LogP) is 1.46. The average molecular weight is 232 g/mol. The number of carbonyl (C=O) groups excluding carboxylic acids is 1. The fourth-order valence-electron chi connectivity index (χ4n) is 0.978. The highest BCUT2D eigenvalue weighted by molar-refractivity contribution is 7.81. The van der Waals surface area contributed by atoms with Gasteiger partial charge in [-0.2, -0.15) is 12.6 Å². The highest BCUT2D eigenvalue weighted by Gasteiger charge is 2.32. The molecule has 0 aliphatic carbocycles. The van der Waals surface area contributed by atoms with Crippen molar-refractivity contribution in [1.82, 2.24) is 0 Å². The molecular formula is C11H20O3S. The van der Waals surface area contributed by atoms with Gasteiger partial charge in [0.1, 0.15) is 6.61 Å². The molecule has 15 heavy (non-hydrogen) atoms. The quantitative estimate of drug-likeness (QED) is 0.414. The number of ether oxygens (including phenoxy) is 1. The Labute approximate surface area is 96.9 Å². The van der Waals surface area contributed by atoms with E-state index >= 15 is 0 Å². The van der Waals surface area contributed by atoms with Gasteiger partial charge in [0, 0.05) is 0 Å². The monoisotopic (exact) mass is 232 g/mol. The Bertz CT molecular complexity index is 220. The third-order valence-corrected chi connectivity index (χ3v) is 2.57. The first-order valence-electron chi connectivity index (χ1n) is 4.88. The van der Waals surface area contributed by atoms with E-state index in [1.165, 1.54) is 0 Å². The smallest absolute Gasteiger partial charge is 0.173 e. The van der Waals surface area contributed by atoms with Gasteiger partial charge in [0.15, 0.2) is 5.78 Å². The molecule has 0 spiro atoms. The molecule has 0 aliphatic rings. The van der Waals surface area contributed by atoms with Crippen LogP contribution in [0.1, 0.15) is 20.8 Å². The Morgan fingerprint density at radius 1 is 1.60 bits per heavy atom. The van der Waals surface area contributed by atoms with Crippen LogP contribution in [0.5, 0.6) is 0 Å². The van der Waals surface area contributed by atoms with Gasteiger partial charge in [-0.15, -0.1) is 6.58 Å². The van der Waals surface area contributed by atoms with E-state index in [4.69, 9.17) is 4.74 Å². The molecule has 0 rings (SSSR count).